The third-order valence-electron chi connectivity index (χ3n) is 6.61. The summed E-state index contributed by atoms with van der Waals surface area (Å²) in [6.45, 7) is 16.7. The maximum absolute atomic E-state index is 14.4. The highest BCUT2D eigenvalue weighted by atomic mass is 16.6. The summed E-state index contributed by atoms with van der Waals surface area (Å²) in [5.74, 6) is -1.91. The number of benzene rings is 2. The molecule has 3 N–H and O–H groups in total. The number of nitrogens with zero attached hydrogens (tertiary/aromatic N) is 1. The van der Waals surface area contributed by atoms with Crippen molar-refractivity contribution < 1.29 is 33.8 Å². The first-order chi connectivity index (χ1) is 20.3. The van der Waals surface area contributed by atoms with E-state index in [1.807, 2.05) is 62.4 Å². The summed E-state index contributed by atoms with van der Waals surface area (Å²) in [6, 6.07) is 10.6. The first-order valence-electron chi connectivity index (χ1n) is 14.9. The Labute approximate surface area is 261 Å². The highest BCUT2D eigenvalue weighted by Gasteiger charge is 2.40. The van der Waals surface area contributed by atoms with Crippen molar-refractivity contribution in [3.05, 3.63) is 70.8 Å². The second-order valence-electron chi connectivity index (χ2n) is 13.2. The molecule has 0 bridgehead atoms. The molecule has 3 amide bonds. The minimum Gasteiger partial charge on any atom is -0.458 e. The average molecular weight is 612 g/mol. The summed E-state index contributed by atoms with van der Waals surface area (Å²) < 4.78 is 11.0. The molecule has 0 aromatic heterocycles. The highest BCUT2D eigenvalue weighted by molar-refractivity contribution is 5.94. The maximum atomic E-state index is 14.4. The number of alkyl carbamates (subject to hydrolysis) is 1. The van der Waals surface area contributed by atoms with Crippen LogP contribution in [0.4, 0.5) is 4.79 Å². The van der Waals surface area contributed by atoms with Crippen molar-refractivity contribution >= 4 is 23.9 Å². The molecule has 0 aliphatic carbocycles. The highest BCUT2D eigenvalue weighted by Crippen LogP contribution is 2.30. The van der Waals surface area contributed by atoms with Crippen LogP contribution in [-0.2, 0) is 30.3 Å². The lowest BCUT2D eigenvalue weighted by Gasteiger charge is -2.38. The van der Waals surface area contributed by atoms with Crippen LogP contribution in [0.1, 0.15) is 83.7 Å². The lowest BCUT2D eigenvalue weighted by Crippen LogP contribution is -2.57. The average Bonchev–Trinajstić information content (AvgIpc) is 2.88. The lowest BCUT2D eigenvalue weighted by molar-refractivity contribution is -0.159. The Morgan fingerprint density at radius 3 is 1.82 bits per heavy atom. The van der Waals surface area contributed by atoms with Gasteiger partial charge in [0.15, 0.2) is 0 Å². The smallest absolute Gasteiger partial charge is 0.408 e. The van der Waals surface area contributed by atoms with Gasteiger partial charge >= 0.3 is 12.1 Å². The molecule has 0 saturated carbocycles. The predicted molar refractivity (Wildman–Crippen MR) is 169 cm³/mol. The van der Waals surface area contributed by atoms with Gasteiger partial charge in [0, 0.05) is 12.5 Å². The van der Waals surface area contributed by atoms with Crippen molar-refractivity contribution in [3.63, 3.8) is 0 Å². The number of rotatable bonds is 11. The summed E-state index contributed by atoms with van der Waals surface area (Å²) in [5.41, 5.74) is 1.25. The van der Waals surface area contributed by atoms with E-state index in [1.165, 1.54) is 4.90 Å². The van der Waals surface area contributed by atoms with Gasteiger partial charge in [0.1, 0.15) is 29.3 Å². The minimum atomic E-state index is -1.39. The number of amides is 3. The van der Waals surface area contributed by atoms with Gasteiger partial charge in [0.25, 0.3) is 0 Å². The van der Waals surface area contributed by atoms with Crippen LogP contribution in [-0.4, -0.2) is 69.8 Å². The van der Waals surface area contributed by atoms with E-state index in [9.17, 15) is 24.3 Å². The summed E-state index contributed by atoms with van der Waals surface area (Å²) in [7, 11) is 0. The first kappa shape index (κ1) is 36.3. The molecular formula is C34H49N3O7. The van der Waals surface area contributed by atoms with Gasteiger partial charge in [0.2, 0.25) is 11.8 Å². The molecule has 44 heavy (non-hydrogen) atoms. The largest absolute Gasteiger partial charge is 0.458 e. The fourth-order valence-electron chi connectivity index (χ4n) is 4.82. The van der Waals surface area contributed by atoms with Crippen molar-refractivity contribution in [2.75, 3.05) is 6.61 Å². The van der Waals surface area contributed by atoms with E-state index in [-0.39, 0.29) is 6.42 Å². The summed E-state index contributed by atoms with van der Waals surface area (Å²) in [6.07, 6.45) is -0.717. The summed E-state index contributed by atoms with van der Waals surface area (Å²) >= 11 is 0. The van der Waals surface area contributed by atoms with Gasteiger partial charge in [-0.3, -0.25) is 9.59 Å². The molecule has 3 atom stereocenters. The molecule has 0 aliphatic rings. The number of nitrogens with one attached hydrogen (secondary N) is 2. The molecule has 0 spiro atoms. The van der Waals surface area contributed by atoms with Gasteiger partial charge in [-0.25, -0.2) is 9.59 Å². The van der Waals surface area contributed by atoms with E-state index in [4.69, 9.17) is 9.47 Å². The number of aliphatic hydroxyl groups excluding tert-OH is 1. The maximum Gasteiger partial charge on any atom is 0.408 e. The Balaban J connectivity index is 2.61. The monoisotopic (exact) mass is 611 g/mol. The van der Waals surface area contributed by atoms with E-state index >= 15 is 0 Å². The first-order valence-corrected chi connectivity index (χ1v) is 14.9. The van der Waals surface area contributed by atoms with Gasteiger partial charge in [-0.05, 0) is 91.5 Å². The van der Waals surface area contributed by atoms with Crippen molar-refractivity contribution in [1.29, 1.82) is 0 Å². The van der Waals surface area contributed by atoms with Gasteiger partial charge in [-0.1, -0.05) is 48.5 Å². The SMILES string of the molecule is Cc1cccc(C)c1C(C(=O)NC(Cc1ccccc1)C(=O)OC(C)(C)C)N(C(=O)C(CO)NC(=O)OC(C)(C)C)C(C)C. The quantitative estimate of drug-likeness (QED) is 0.318. The molecule has 0 radical (unpaired) electrons. The Bertz CT molecular complexity index is 1280. The topological polar surface area (TPSA) is 134 Å². The van der Waals surface area contributed by atoms with Crippen molar-refractivity contribution in [3.8, 4) is 0 Å². The van der Waals surface area contributed by atoms with E-state index in [2.05, 4.69) is 10.6 Å². The van der Waals surface area contributed by atoms with E-state index in [1.54, 1.807) is 55.4 Å². The van der Waals surface area contributed by atoms with Gasteiger partial charge < -0.3 is 30.1 Å². The number of ether oxygens (including phenoxy) is 2. The van der Waals surface area contributed by atoms with E-state index < -0.39 is 65.9 Å². The molecule has 10 nitrogen and oxygen atoms in total. The third kappa shape index (κ3) is 10.7. The molecule has 2 aromatic rings. The molecule has 2 aromatic carbocycles. The summed E-state index contributed by atoms with van der Waals surface area (Å²) in [4.78, 5) is 55.8. The van der Waals surface area contributed by atoms with Gasteiger partial charge in [0.05, 0.1) is 6.61 Å². The fourth-order valence-corrected chi connectivity index (χ4v) is 4.82. The second kappa shape index (κ2) is 15.2. The Morgan fingerprint density at radius 2 is 1.34 bits per heavy atom. The van der Waals surface area contributed by atoms with E-state index in [0.29, 0.717) is 5.56 Å². The zero-order valence-corrected chi connectivity index (χ0v) is 27.7. The number of carbonyl (C=O) groups is 4. The normalized spacial score (nSPS) is 13.8. The van der Waals surface area contributed by atoms with Crippen molar-refractivity contribution in [2.45, 2.75) is 111 Å². The summed E-state index contributed by atoms with van der Waals surface area (Å²) in [5, 5.41) is 15.5. The lowest BCUT2D eigenvalue weighted by atomic mass is 9.92. The number of carbonyl (C=O) groups excluding carboxylic acids is 4. The number of aryl methyl sites for hydroxylation is 2. The number of esters is 1. The Morgan fingerprint density at radius 1 is 0.795 bits per heavy atom. The zero-order valence-electron chi connectivity index (χ0n) is 27.7. The van der Waals surface area contributed by atoms with Crippen LogP contribution in [0.2, 0.25) is 0 Å². The molecule has 10 heteroatoms. The van der Waals surface area contributed by atoms with Crippen molar-refractivity contribution in [1.82, 2.24) is 15.5 Å². The minimum absolute atomic E-state index is 0.163. The number of hydrogen-bond acceptors (Lipinski definition) is 7. The van der Waals surface area contributed by atoms with Gasteiger partial charge in [-0.15, -0.1) is 0 Å². The molecule has 0 fully saturated rings. The van der Waals surface area contributed by atoms with Crippen LogP contribution >= 0.6 is 0 Å². The van der Waals surface area contributed by atoms with Crippen LogP contribution in [0, 0.1) is 13.8 Å². The number of aliphatic hydroxyl groups is 1. The van der Waals surface area contributed by atoms with Crippen molar-refractivity contribution in [2.24, 2.45) is 0 Å². The Hall–Kier alpha value is -3.92. The second-order valence-corrected chi connectivity index (χ2v) is 13.2. The van der Waals surface area contributed by atoms with Crippen LogP contribution in [0.15, 0.2) is 48.5 Å². The van der Waals surface area contributed by atoms with Crippen LogP contribution < -0.4 is 10.6 Å². The molecule has 242 valence electrons. The van der Waals surface area contributed by atoms with Crippen LogP contribution in [0.25, 0.3) is 0 Å². The number of hydrogen-bond donors (Lipinski definition) is 3. The van der Waals surface area contributed by atoms with Crippen LogP contribution in [0.5, 0.6) is 0 Å². The molecule has 2 rings (SSSR count). The molecule has 0 saturated heterocycles. The standard InChI is InChI=1S/C34H49N3O7/c1-21(2)37(30(40)26(20-38)36-32(42)44-34(8,9)10)28(27-22(3)15-14-16-23(27)4)29(39)35-25(31(41)43-33(5,6)7)19-24-17-12-11-13-18-24/h11-18,21,25-26,28,38H,19-20H2,1-10H3,(H,35,39)(H,36,42). The van der Waals surface area contributed by atoms with Gasteiger partial charge in [-0.2, -0.15) is 0 Å². The molecule has 0 heterocycles. The molecule has 3 unspecified atom stereocenters. The zero-order chi connectivity index (χ0) is 33.4. The Kier molecular flexibility index (Phi) is 12.5. The third-order valence-corrected chi connectivity index (χ3v) is 6.61. The predicted octanol–water partition coefficient (Wildman–Crippen LogP) is 4.54. The van der Waals surface area contributed by atoms with Crippen LogP contribution in [0.3, 0.4) is 0 Å². The molecular weight excluding hydrogens is 562 g/mol. The fraction of sp³-hybridized carbons (Fsp3) is 0.529. The molecule has 0 aliphatic heterocycles. The van der Waals surface area contributed by atoms with E-state index in [0.717, 1.165) is 16.7 Å².